The number of H-pyrrole nitrogens is 1. The van der Waals surface area contributed by atoms with Crippen LogP contribution >= 0.6 is 0 Å². The van der Waals surface area contributed by atoms with Gasteiger partial charge in [0.25, 0.3) is 0 Å². The summed E-state index contributed by atoms with van der Waals surface area (Å²) in [5.74, 6) is 0.783. The maximum atomic E-state index is 11.8. The van der Waals surface area contributed by atoms with Crippen LogP contribution in [0, 0.1) is 6.92 Å². The van der Waals surface area contributed by atoms with Gasteiger partial charge in [-0.3, -0.25) is 9.89 Å². The summed E-state index contributed by atoms with van der Waals surface area (Å²) in [5, 5.41) is 11.7. The van der Waals surface area contributed by atoms with E-state index in [9.17, 15) is 4.79 Å². The van der Waals surface area contributed by atoms with Crippen LogP contribution in [0.3, 0.4) is 0 Å². The summed E-state index contributed by atoms with van der Waals surface area (Å²) in [5.41, 5.74) is 1.74. The monoisotopic (exact) mass is 373 g/mol. The van der Waals surface area contributed by atoms with Crippen LogP contribution in [-0.2, 0) is 9.53 Å². The number of hydrogen-bond donors (Lipinski definition) is 2. The second kappa shape index (κ2) is 8.30. The highest BCUT2D eigenvalue weighted by Crippen LogP contribution is 2.30. The van der Waals surface area contributed by atoms with Crippen LogP contribution in [0.15, 0.2) is 18.3 Å². The first-order valence-electron chi connectivity index (χ1n) is 9.86. The van der Waals surface area contributed by atoms with E-state index in [0.717, 1.165) is 47.9 Å². The summed E-state index contributed by atoms with van der Waals surface area (Å²) in [7, 11) is 0. The van der Waals surface area contributed by atoms with Crippen molar-refractivity contribution in [1.29, 1.82) is 0 Å². The third-order valence-corrected chi connectivity index (χ3v) is 4.95. The smallest absolute Gasteiger partial charge is 0.307 e. The number of hydrogen-bond acceptors (Lipinski definition) is 5. The Labute approximate surface area is 161 Å². The van der Waals surface area contributed by atoms with E-state index in [-0.39, 0.29) is 12.1 Å². The second-order valence-corrected chi connectivity index (χ2v) is 8.41. The van der Waals surface area contributed by atoms with Crippen LogP contribution in [0.1, 0.15) is 58.4 Å². The van der Waals surface area contributed by atoms with Gasteiger partial charge in [-0.25, -0.2) is 0 Å². The van der Waals surface area contributed by atoms with Gasteiger partial charge in [0.2, 0.25) is 0 Å². The highest BCUT2D eigenvalue weighted by atomic mass is 16.6. The number of ether oxygens (including phenoxy) is 2. The number of esters is 1. The Kier molecular flexibility index (Phi) is 6.05. The molecule has 1 aromatic heterocycles. The Morgan fingerprint density at radius 3 is 2.93 bits per heavy atom. The number of rotatable bonds is 6. The molecule has 0 unspecified atom stereocenters. The Hall–Kier alpha value is -2.08. The van der Waals surface area contributed by atoms with Gasteiger partial charge >= 0.3 is 5.97 Å². The maximum absolute atomic E-state index is 11.8. The lowest BCUT2D eigenvalue weighted by Crippen LogP contribution is -2.39. The Balaban J connectivity index is 1.49. The summed E-state index contributed by atoms with van der Waals surface area (Å²) in [4.78, 5) is 11.8. The third kappa shape index (κ3) is 5.45. The minimum atomic E-state index is -0.422. The van der Waals surface area contributed by atoms with Crippen molar-refractivity contribution in [3.63, 3.8) is 0 Å². The van der Waals surface area contributed by atoms with Crippen molar-refractivity contribution in [1.82, 2.24) is 15.5 Å². The van der Waals surface area contributed by atoms with Crippen LogP contribution < -0.4 is 10.1 Å². The van der Waals surface area contributed by atoms with E-state index < -0.39 is 5.60 Å². The van der Waals surface area contributed by atoms with Crippen molar-refractivity contribution < 1.29 is 14.3 Å². The molecule has 2 atom stereocenters. The first-order chi connectivity index (χ1) is 12.8. The molecule has 3 rings (SSSR count). The van der Waals surface area contributed by atoms with Gasteiger partial charge in [-0.1, -0.05) is 0 Å². The largest absolute Gasteiger partial charge is 0.490 e. The molecule has 1 aliphatic carbocycles. The average molecular weight is 373 g/mol. The van der Waals surface area contributed by atoms with E-state index in [1.165, 1.54) is 0 Å². The van der Waals surface area contributed by atoms with E-state index in [0.29, 0.717) is 19.0 Å². The number of nitrogens with one attached hydrogen (secondary N) is 2. The van der Waals surface area contributed by atoms with Gasteiger partial charge in [0.15, 0.2) is 0 Å². The van der Waals surface area contributed by atoms with Crippen molar-refractivity contribution in [2.24, 2.45) is 0 Å². The van der Waals surface area contributed by atoms with E-state index in [1.807, 2.05) is 39.1 Å². The highest BCUT2D eigenvalue weighted by Gasteiger charge is 2.24. The van der Waals surface area contributed by atoms with Crippen molar-refractivity contribution >= 4 is 16.9 Å². The molecule has 0 aliphatic heterocycles. The van der Waals surface area contributed by atoms with Crippen molar-refractivity contribution in [3.05, 3.63) is 23.9 Å². The molecule has 0 bridgehead atoms. The number of benzene rings is 1. The Bertz CT molecular complexity index is 779. The lowest BCUT2D eigenvalue weighted by Gasteiger charge is -2.31. The molecule has 6 nitrogen and oxygen atoms in total. The van der Waals surface area contributed by atoms with Crippen LogP contribution in [0.2, 0.25) is 0 Å². The lowest BCUT2D eigenvalue weighted by molar-refractivity contribution is -0.154. The highest BCUT2D eigenvalue weighted by molar-refractivity contribution is 5.83. The maximum Gasteiger partial charge on any atom is 0.307 e. The number of aryl methyl sites for hydroxylation is 1. The van der Waals surface area contributed by atoms with Gasteiger partial charge in [0.05, 0.1) is 18.1 Å². The van der Waals surface area contributed by atoms with Crippen LogP contribution in [-0.4, -0.2) is 40.5 Å². The van der Waals surface area contributed by atoms with E-state index in [2.05, 4.69) is 22.4 Å². The van der Waals surface area contributed by atoms with E-state index in [1.54, 1.807) is 0 Å². The van der Waals surface area contributed by atoms with Gasteiger partial charge in [-0.05, 0) is 65.5 Å². The second-order valence-electron chi connectivity index (χ2n) is 8.41. The number of fused-ring (bicyclic) bond motifs is 1. The van der Waals surface area contributed by atoms with Gasteiger partial charge < -0.3 is 14.8 Å². The molecular weight excluding hydrogens is 342 g/mol. The zero-order valence-electron chi connectivity index (χ0n) is 16.8. The molecule has 0 radical (unpaired) electrons. The van der Waals surface area contributed by atoms with Crippen LogP contribution in [0.4, 0.5) is 0 Å². The molecule has 0 saturated heterocycles. The third-order valence-electron chi connectivity index (χ3n) is 4.95. The summed E-state index contributed by atoms with van der Waals surface area (Å²) >= 11 is 0. The molecule has 0 spiro atoms. The predicted octanol–water partition coefficient (Wildman–Crippen LogP) is 3.88. The standard InChI is InChI=1S/C21H31N3O3/c1-14-17-13-23-24-18(17)8-9-19(14)26-16-7-5-6-15(12-16)22-11-10-20(25)27-21(2,3)4/h8-9,13,15-16,22H,5-7,10-12H2,1-4H3,(H,23,24)/t15-,16+/m0/s1. The quantitative estimate of drug-likeness (QED) is 0.752. The van der Waals surface area contributed by atoms with Gasteiger partial charge in [0.1, 0.15) is 17.5 Å². The first kappa shape index (κ1) is 19.7. The first-order valence-corrected chi connectivity index (χ1v) is 9.86. The Morgan fingerprint density at radius 2 is 2.15 bits per heavy atom. The fourth-order valence-corrected chi connectivity index (χ4v) is 3.65. The summed E-state index contributed by atoms with van der Waals surface area (Å²) in [6.07, 6.45) is 6.70. The molecule has 1 heterocycles. The van der Waals surface area contributed by atoms with Gasteiger partial charge in [-0.15, -0.1) is 0 Å². The fourth-order valence-electron chi connectivity index (χ4n) is 3.65. The number of aromatic nitrogens is 2. The van der Waals surface area contributed by atoms with Crippen LogP contribution in [0.25, 0.3) is 10.9 Å². The van der Waals surface area contributed by atoms with Crippen molar-refractivity contribution in [3.8, 4) is 5.75 Å². The number of carbonyl (C=O) groups is 1. The minimum absolute atomic E-state index is 0.150. The normalized spacial score (nSPS) is 20.6. The lowest BCUT2D eigenvalue weighted by atomic mass is 9.92. The van der Waals surface area contributed by atoms with Crippen molar-refractivity contribution in [2.75, 3.05) is 6.54 Å². The fraction of sp³-hybridized carbons (Fsp3) is 0.619. The molecule has 2 N–H and O–H groups in total. The van der Waals surface area contributed by atoms with Crippen molar-refractivity contribution in [2.45, 2.75) is 77.5 Å². The molecule has 2 aromatic rings. The van der Waals surface area contributed by atoms with Gasteiger partial charge in [-0.2, -0.15) is 5.10 Å². The molecule has 0 amide bonds. The summed E-state index contributed by atoms with van der Waals surface area (Å²) in [6, 6.07) is 4.42. The summed E-state index contributed by atoms with van der Waals surface area (Å²) < 4.78 is 11.7. The molecule has 6 heteroatoms. The van der Waals surface area contributed by atoms with E-state index >= 15 is 0 Å². The van der Waals surface area contributed by atoms with Gasteiger partial charge in [0, 0.05) is 23.5 Å². The molecule has 27 heavy (non-hydrogen) atoms. The molecule has 148 valence electrons. The molecule has 1 saturated carbocycles. The molecule has 1 aliphatic rings. The SMILES string of the molecule is Cc1c(O[C@@H]2CCC[C@H](NCCC(=O)OC(C)(C)C)C2)ccc2[nH]ncc12. The number of nitrogens with zero attached hydrogens (tertiary/aromatic N) is 1. The minimum Gasteiger partial charge on any atom is -0.490 e. The molecular formula is C21H31N3O3. The number of aromatic amines is 1. The van der Waals surface area contributed by atoms with E-state index in [4.69, 9.17) is 9.47 Å². The van der Waals surface area contributed by atoms with Crippen LogP contribution in [0.5, 0.6) is 5.75 Å². The predicted molar refractivity (Wildman–Crippen MR) is 106 cm³/mol. The Morgan fingerprint density at radius 1 is 1.33 bits per heavy atom. The average Bonchev–Trinajstić information content (AvgIpc) is 3.06. The zero-order chi connectivity index (χ0) is 19.4. The summed E-state index contributed by atoms with van der Waals surface area (Å²) in [6.45, 7) is 8.40. The molecule has 1 aromatic carbocycles. The topological polar surface area (TPSA) is 76.2 Å². The zero-order valence-corrected chi connectivity index (χ0v) is 16.8. The number of carbonyl (C=O) groups excluding carboxylic acids is 1. The molecule has 1 fully saturated rings.